The van der Waals surface area contributed by atoms with E-state index in [2.05, 4.69) is 19.9 Å². The van der Waals surface area contributed by atoms with Crippen LogP contribution in [-0.2, 0) is 9.47 Å². The highest BCUT2D eigenvalue weighted by molar-refractivity contribution is 5.85. The second kappa shape index (κ2) is 8.68. The molecule has 2 aromatic heterocycles. The SMILES string of the molecule is COC(=O)c1nc(N2CCCN(C(=O)OC(C)(C)C)C[C@@H]2C)cc(-n2ccnc2)n1. The third kappa shape index (κ3) is 5.05. The van der Waals surface area contributed by atoms with Crippen LogP contribution in [0.3, 0.4) is 0 Å². The average molecular weight is 416 g/mol. The molecule has 0 aliphatic carbocycles. The number of amides is 1. The summed E-state index contributed by atoms with van der Waals surface area (Å²) in [5.41, 5.74) is -0.548. The van der Waals surface area contributed by atoms with Crippen molar-refractivity contribution in [1.29, 1.82) is 0 Å². The van der Waals surface area contributed by atoms with Crippen molar-refractivity contribution >= 4 is 17.9 Å². The first-order chi connectivity index (χ1) is 14.2. The molecular weight excluding hydrogens is 388 g/mol. The van der Waals surface area contributed by atoms with Crippen LogP contribution in [-0.4, -0.2) is 74.9 Å². The Kier molecular flexibility index (Phi) is 6.23. The summed E-state index contributed by atoms with van der Waals surface area (Å²) in [4.78, 5) is 41.2. The third-order valence-electron chi connectivity index (χ3n) is 4.63. The maximum absolute atomic E-state index is 12.5. The molecule has 10 heteroatoms. The van der Waals surface area contributed by atoms with E-state index >= 15 is 0 Å². The van der Waals surface area contributed by atoms with Crippen LogP contribution >= 0.6 is 0 Å². The molecule has 162 valence electrons. The van der Waals surface area contributed by atoms with Crippen LogP contribution in [0, 0.1) is 0 Å². The highest BCUT2D eigenvalue weighted by atomic mass is 16.6. The van der Waals surface area contributed by atoms with Crippen molar-refractivity contribution in [1.82, 2.24) is 24.4 Å². The highest BCUT2D eigenvalue weighted by Crippen LogP contribution is 2.22. The van der Waals surface area contributed by atoms with Gasteiger partial charge in [-0.3, -0.25) is 4.57 Å². The van der Waals surface area contributed by atoms with Crippen LogP contribution < -0.4 is 4.90 Å². The topological polar surface area (TPSA) is 103 Å². The lowest BCUT2D eigenvalue weighted by Crippen LogP contribution is -2.43. The molecule has 2 aromatic rings. The molecule has 1 saturated heterocycles. The van der Waals surface area contributed by atoms with E-state index < -0.39 is 11.6 Å². The first-order valence-corrected chi connectivity index (χ1v) is 9.88. The number of nitrogens with zero attached hydrogens (tertiary/aromatic N) is 6. The van der Waals surface area contributed by atoms with E-state index in [0.29, 0.717) is 31.3 Å². The van der Waals surface area contributed by atoms with Crippen molar-refractivity contribution < 1.29 is 19.1 Å². The lowest BCUT2D eigenvalue weighted by Gasteiger charge is -2.31. The van der Waals surface area contributed by atoms with E-state index in [1.165, 1.54) is 7.11 Å². The van der Waals surface area contributed by atoms with Gasteiger partial charge in [-0.15, -0.1) is 0 Å². The summed E-state index contributed by atoms with van der Waals surface area (Å²) in [5.74, 6) is 0.459. The van der Waals surface area contributed by atoms with Gasteiger partial charge in [0.2, 0.25) is 5.82 Å². The maximum atomic E-state index is 12.5. The Labute approximate surface area is 175 Å². The van der Waals surface area contributed by atoms with E-state index in [-0.39, 0.29) is 18.0 Å². The number of esters is 1. The van der Waals surface area contributed by atoms with Crippen molar-refractivity contribution in [3.63, 3.8) is 0 Å². The Morgan fingerprint density at radius 1 is 1.17 bits per heavy atom. The van der Waals surface area contributed by atoms with Crippen molar-refractivity contribution in [3.05, 3.63) is 30.6 Å². The Hall–Kier alpha value is -3.17. The van der Waals surface area contributed by atoms with Crippen LogP contribution in [0.25, 0.3) is 5.82 Å². The predicted octanol–water partition coefficient (Wildman–Crippen LogP) is 2.28. The van der Waals surface area contributed by atoms with E-state index in [4.69, 9.17) is 9.47 Å². The van der Waals surface area contributed by atoms with Crippen molar-refractivity contribution in [2.45, 2.75) is 45.8 Å². The van der Waals surface area contributed by atoms with Gasteiger partial charge < -0.3 is 19.3 Å². The smallest absolute Gasteiger partial charge is 0.410 e. The van der Waals surface area contributed by atoms with Gasteiger partial charge in [0.1, 0.15) is 23.6 Å². The molecule has 0 N–H and O–H groups in total. The van der Waals surface area contributed by atoms with Crippen LogP contribution in [0.1, 0.15) is 44.7 Å². The number of hydrogen-bond acceptors (Lipinski definition) is 8. The van der Waals surface area contributed by atoms with Crippen molar-refractivity contribution in [2.24, 2.45) is 0 Å². The van der Waals surface area contributed by atoms with Gasteiger partial charge in [-0.2, -0.15) is 0 Å². The van der Waals surface area contributed by atoms with Crippen LogP contribution in [0.2, 0.25) is 0 Å². The van der Waals surface area contributed by atoms with Gasteiger partial charge in [0, 0.05) is 44.1 Å². The fraction of sp³-hybridized carbons (Fsp3) is 0.550. The Morgan fingerprint density at radius 2 is 1.90 bits per heavy atom. The van der Waals surface area contributed by atoms with Gasteiger partial charge in [-0.25, -0.2) is 24.5 Å². The van der Waals surface area contributed by atoms with E-state index in [1.54, 1.807) is 34.3 Å². The minimum Gasteiger partial charge on any atom is -0.463 e. The number of rotatable bonds is 3. The molecular formula is C20H28N6O4. The van der Waals surface area contributed by atoms with Gasteiger partial charge in [0.05, 0.1) is 7.11 Å². The van der Waals surface area contributed by atoms with Crippen LogP contribution in [0.4, 0.5) is 10.6 Å². The summed E-state index contributed by atoms with van der Waals surface area (Å²) in [7, 11) is 1.29. The predicted molar refractivity (Wildman–Crippen MR) is 110 cm³/mol. The summed E-state index contributed by atoms with van der Waals surface area (Å²) in [6.07, 6.45) is 5.38. The van der Waals surface area contributed by atoms with Crippen LogP contribution in [0.15, 0.2) is 24.8 Å². The van der Waals surface area contributed by atoms with Gasteiger partial charge in [-0.1, -0.05) is 0 Å². The Balaban J connectivity index is 1.88. The summed E-state index contributed by atoms with van der Waals surface area (Å²) in [6.45, 7) is 9.30. The number of carbonyl (C=O) groups is 2. The van der Waals surface area contributed by atoms with Gasteiger partial charge in [-0.05, 0) is 34.1 Å². The molecule has 0 spiro atoms. The molecule has 30 heavy (non-hydrogen) atoms. The van der Waals surface area contributed by atoms with Crippen LogP contribution in [0.5, 0.6) is 0 Å². The Bertz CT molecular complexity index is 893. The summed E-state index contributed by atoms with van der Waals surface area (Å²) in [6, 6.07) is 1.75. The molecule has 1 aliphatic rings. The lowest BCUT2D eigenvalue weighted by molar-refractivity contribution is 0.0251. The molecule has 0 unspecified atom stereocenters. The fourth-order valence-corrected chi connectivity index (χ4v) is 3.27. The Morgan fingerprint density at radius 3 is 2.53 bits per heavy atom. The van der Waals surface area contributed by atoms with E-state index in [1.807, 2.05) is 27.7 Å². The number of imidazole rings is 1. The number of ether oxygens (including phenoxy) is 2. The zero-order chi connectivity index (χ0) is 21.9. The van der Waals surface area contributed by atoms with Gasteiger partial charge in [0.25, 0.3) is 0 Å². The molecule has 3 heterocycles. The second-order valence-electron chi connectivity index (χ2n) is 8.19. The fourth-order valence-electron chi connectivity index (χ4n) is 3.27. The van der Waals surface area contributed by atoms with Crippen molar-refractivity contribution in [2.75, 3.05) is 31.6 Å². The van der Waals surface area contributed by atoms with Crippen molar-refractivity contribution in [3.8, 4) is 5.82 Å². The summed E-state index contributed by atoms with van der Waals surface area (Å²) in [5, 5.41) is 0. The molecule has 0 bridgehead atoms. The summed E-state index contributed by atoms with van der Waals surface area (Å²) < 4.78 is 12.0. The zero-order valence-electron chi connectivity index (χ0n) is 18.0. The molecule has 1 amide bonds. The van der Waals surface area contributed by atoms with E-state index in [0.717, 1.165) is 6.42 Å². The van der Waals surface area contributed by atoms with Gasteiger partial charge in [0.15, 0.2) is 0 Å². The molecule has 10 nitrogen and oxygen atoms in total. The number of aromatic nitrogens is 4. The second-order valence-corrected chi connectivity index (χ2v) is 8.19. The number of carbonyl (C=O) groups excluding carboxylic acids is 2. The largest absolute Gasteiger partial charge is 0.463 e. The first-order valence-electron chi connectivity index (χ1n) is 9.88. The lowest BCUT2D eigenvalue weighted by atomic mass is 10.2. The number of methoxy groups -OCH3 is 1. The summed E-state index contributed by atoms with van der Waals surface area (Å²) >= 11 is 0. The molecule has 0 saturated carbocycles. The maximum Gasteiger partial charge on any atom is 0.410 e. The molecule has 0 aromatic carbocycles. The monoisotopic (exact) mass is 416 g/mol. The number of hydrogen-bond donors (Lipinski definition) is 0. The zero-order valence-corrected chi connectivity index (χ0v) is 18.0. The average Bonchev–Trinajstić information content (AvgIpc) is 3.15. The minimum absolute atomic E-state index is 0.0286. The highest BCUT2D eigenvalue weighted by Gasteiger charge is 2.29. The molecule has 3 rings (SSSR count). The van der Waals surface area contributed by atoms with E-state index in [9.17, 15) is 9.59 Å². The molecule has 1 atom stereocenters. The normalized spacial score (nSPS) is 17.4. The number of anilines is 1. The third-order valence-corrected chi connectivity index (χ3v) is 4.63. The standard InChI is InChI=1S/C20H28N6O4/c1-14-12-24(19(28)30-20(2,3)4)8-6-9-26(14)16-11-15(25-10-7-21-13-25)22-17(23-16)18(27)29-5/h7,10-11,13-14H,6,8-9,12H2,1-5H3/t14-/m0/s1. The van der Waals surface area contributed by atoms with Gasteiger partial charge >= 0.3 is 12.1 Å². The molecule has 1 fully saturated rings. The quantitative estimate of drug-likeness (QED) is 0.702. The first kappa shape index (κ1) is 21.5. The molecule has 1 aliphatic heterocycles. The minimum atomic E-state index is -0.615. The molecule has 0 radical (unpaired) electrons.